The van der Waals surface area contributed by atoms with Crippen LogP contribution in [0.2, 0.25) is 0 Å². The maximum Gasteiger partial charge on any atom is 0.256 e. The fourth-order valence-corrected chi connectivity index (χ4v) is 2.83. The van der Waals surface area contributed by atoms with Crippen LogP contribution in [0.4, 0.5) is 5.82 Å². The smallest absolute Gasteiger partial charge is 0.256 e. The van der Waals surface area contributed by atoms with Gasteiger partial charge in [-0.15, -0.1) is 5.10 Å². The SMILES string of the molecule is COc1ncccc1C(=O)NC[C@@H]1CCCN1c1cccnn1. The summed E-state index contributed by atoms with van der Waals surface area (Å²) < 4.78 is 5.13. The molecule has 0 aromatic carbocycles. The van der Waals surface area contributed by atoms with Crippen molar-refractivity contribution < 1.29 is 9.53 Å². The van der Waals surface area contributed by atoms with Crippen molar-refractivity contribution in [2.75, 3.05) is 25.1 Å². The van der Waals surface area contributed by atoms with E-state index >= 15 is 0 Å². The Labute approximate surface area is 134 Å². The van der Waals surface area contributed by atoms with E-state index in [1.165, 1.54) is 7.11 Å². The normalized spacial score (nSPS) is 17.1. The Kier molecular flexibility index (Phi) is 4.65. The number of rotatable bonds is 5. The second-order valence-corrected chi connectivity index (χ2v) is 5.34. The minimum atomic E-state index is -0.180. The Morgan fingerprint density at radius 2 is 2.26 bits per heavy atom. The molecule has 1 atom stereocenters. The van der Waals surface area contributed by atoms with Gasteiger partial charge in [-0.25, -0.2) is 4.98 Å². The van der Waals surface area contributed by atoms with Crippen molar-refractivity contribution >= 4 is 11.7 Å². The van der Waals surface area contributed by atoms with E-state index in [2.05, 4.69) is 25.4 Å². The number of methoxy groups -OCH3 is 1. The Hall–Kier alpha value is -2.70. The molecule has 1 N–H and O–H groups in total. The summed E-state index contributed by atoms with van der Waals surface area (Å²) in [5.41, 5.74) is 0.444. The van der Waals surface area contributed by atoms with Crippen LogP contribution in [0, 0.1) is 0 Å². The summed E-state index contributed by atoms with van der Waals surface area (Å²) in [4.78, 5) is 18.6. The first-order valence-electron chi connectivity index (χ1n) is 7.61. The highest BCUT2D eigenvalue weighted by atomic mass is 16.5. The standard InChI is InChI=1S/C16H19N5O2/c1-23-16-13(6-2-8-17-16)15(22)18-11-12-5-4-10-21(12)14-7-3-9-19-20-14/h2-3,6-9,12H,4-5,10-11H2,1H3,(H,18,22)/t12-/m0/s1. The molecule has 7 nitrogen and oxygen atoms in total. The summed E-state index contributed by atoms with van der Waals surface area (Å²) in [7, 11) is 1.51. The zero-order chi connectivity index (χ0) is 16.1. The first-order chi connectivity index (χ1) is 11.3. The van der Waals surface area contributed by atoms with Gasteiger partial charge in [-0.1, -0.05) is 0 Å². The molecule has 0 saturated carbocycles. The molecular formula is C16H19N5O2. The fourth-order valence-electron chi connectivity index (χ4n) is 2.83. The molecule has 3 heterocycles. The van der Waals surface area contributed by atoms with Gasteiger partial charge in [0, 0.05) is 31.5 Å². The van der Waals surface area contributed by atoms with Gasteiger partial charge in [0.05, 0.1) is 7.11 Å². The molecule has 1 amide bonds. The Balaban J connectivity index is 1.64. The number of hydrogen-bond acceptors (Lipinski definition) is 6. The van der Waals surface area contributed by atoms with E-state index in [9.17, 15) is 4.79 Å². The summed E-state index contributed by atoms with van der Waals surface area (Å²) in [5, 5.41) is 11.0. The maximum absolute atomic E-state index is 12.3. The lowest BCUT2D eigenvalue weighted by atomic mass is 10.2. The Bertz CT molecular complexity index is 665. The van der Waals surface area contributed by atoms with E-state index in [0.717, 1.165) is 25.2 Å². The van der Waals surface area contributed by atoms with Crippen molar-refractivity contribution in [3.8, 4) is 5.88 Å². The molecule has 0 spiro atoms. The molecule has 1 fully saturated rings. The summed E-state index contributed by atoms with van der Waals surface area (Å²) in [6, 6.07) is 7.46. The maximum atomic E-state index is 12.3. The second-order valence-electron chi connectivity index (χ2n) is 5.34. The molecule has 2 aromatic rings. The van der Waals surface area contributed by atoms with Gasteiger partial charge in [0.25, 0.3) is 5.91 Å². The van der Waals surface area contributed by atoms with Crippen LogP contribution in [0.3, 0.4) is 0 Å². The second kappa shape index (κ2) is 7.04. The summed E-state index contributed by atoms with van der Waals surface area (Å²) in [6.07, 6.45) is 5.35. The number of aromatic nitrogens is 3. The lowest BCUT2D eigenvalue weighted by Gasteiger charge is -2.25. The van der Waals surface area contributed by atoms with Gasteiger partial charge in [-0.05, 0) is 37.1 Å². The average Bonchev–Trinajstić information content (AvgIpc) is 3.09. The van der Waals surface area contributed by atoms with E-state index in [1.807, 2.05) is 12.1 Å². The molecule has 1 aliphatic heterocycles. The third-order valence-corrected chi connectivity index (χ3v) is 3.94. The molecule has 2 aromatic heterocycles. The highest BCUT2D eigenvalue weighted by Gasteiger charge is 2.26. The van der Waals surface area contributed by atoms with Crippen molar-refractivity contribution in [2.24, 2.45) is 0 Å². The number of carbonyl (C=O) groups excluding carboxylic acids is 1. The summed E-state index contributed by atoms with van der Waals surface area (Å²) in [5.74, 6) is 1.01. The predicted molar refractivity (Wildman–Crippen MR) is 85.5 cm³/mol. The van der Waals surface area contributed by atoms with Crippen LogP contribution in [0.15, 0.2) is 36.7 Å². The van der Waals surface area contributed by atoms with Crippen molar-refractivity contribution in [1.82, 2.24) is 20.5 Å². The Morgan fingerprint density at radius 1 is 1.39 bits per heavy atom. The molecule has 23 heavy (non-hydrogen) atoms. The van der Waals surface area contributed by atoms with E-state index in [-0.39, 0.29) is 11.9 Å². The van der Waals surface area contributed by atoms with E-state index in [0.29, 0.717) is 18.0 Å². The van der Waals surface area contributed by atoms with E-state index < -0.39 is 0 Å². The van der Waals surface area contributed by atoms with Crippen molar-refractivity contribution in [1.29, 1.82) is 0 Å². The van der Waals surface area contributed by atoms with Crippen LogP contribution >= 0.6 is 0 Å². The molecule has 0 radical (unpaired) electrons. The quantitative estimate of drug-likeness (QED) is 0.895. The molecule has 0 bridgehead atoms. The molecule has 120 valence electrons. The molecular weight excluding hydrogens is 294 g/mol. The Morgan fingerprint density at radius 3 is 3.04 bits per heavy atom. The average molecular weight is 313 g/mol. The molecule has 1 saturated heterocycles. The third-order valence-electron chi connectivity index (χ3n) is 3.94. The van der Waals surface area contributed by atoms with Crippen LogP contribution in [-0.2, 0) is 0 Å². The van der Waals surface area contributed by atoms with Crippen LogP contribution in [0.1, 0.15) is 23.2 Å². The van der Waals surface area contributed by atoms with E-state index in [1.54, 1.807) is 24.5 Å². The van der Waals surface area contributed by atoms with Crippen LogP contribution in [0.25, 0.3) is 0 Å². The first kappa shape index (κ1) is 15.2. The minimum Gasteiger partial charge on any atom is -0.480 e. The predicted octanol–water partition coefficient (Wildman–Crippen LogP) is 1.28. The lowest BCUT2D eigenvalue weighted by molar-refractivity contribution is 0.0947. The highest BCUT2D eigenvalue weighted by Crippen LogP contribution is 2.22. The summed E-state index contributed by atoms with van der Waals surface area (Å²) in [6.45, 7) is 1.48. The minimum absolute atomic E-state index is 0.180. The molecule has 0 aliphatic carbocycles. The molecule has 3 rings (SSSR count). The van der Waals surface area contributed by atoms with Gasteiger partial charge >= 0.3 is 0 Å². The number of anilines is 1. The van der Waals surface area contributed by atoms with Gasteiger partial charge in [0.2, 0.25) is 5.88 Å². The van der Waals surface area contributed by atoms with Crippen LogP contribution < -0.4 is 15.0 Å². The largest absolute Gasteiger partial charge is 0.480 e. The topological polar surface area (TPSA) is 80.2 Å². The van der Waals surface area contributed by atoms with Crippen LogP contribution in [-0.4, -0.2) is 47.3 Å². The summed E-state index contributed by atoms with van der Waals surface area (Å²) >= 11 is 0. The lowest BCUT2D eigenvalue weighted by Crippen LogP contribution is -2.40. The van der Waals surface area contributed by atoms with Crippen LogP contribution in [0.5, 0.6) is 5.88 Å². The number of pyridine rings is 1. The number of nitrogens with zero attached hydrogens (tertiary/aromatic N) is 4. The zero-order valence-corrected chi connectivity index (χ0v) is 13.0. The van der Waals surface area contributed by atoms with Gasteiger partial charge in [-0.3, -0.25) is 4.79 Å². The molecule has 0 unspecified atom stereocenters. The van der Waals surface area contributed by atoms with Crippen molar-refractivity contribution in [3.63, 3.8) is 0 Å². The van der Waals surface area contributed by atoms with E-state index in [4.69, 9.17) is 4.74 Å². The highest BCUT2D eigenvalue weighted by molar-refractivity contribution is 5.96. The fraction of sp³-hybridized carbons (Fsp3) is 0.375. The van der Waals surface area contributed by atoms with Crippen molar-refractivity contribution in [2.45, 2.75) is 18.9 Å². The van der Waals surface area contributed by atoms with Gasteiger partial charge in [-0.2, -0.15) is 5.10 Å². The third kappa shape index (κ3) is 3.39. The monoisotopic (exact) mass is 313 g/mol. The number of nitrogens with one attached hydrogen (secondary N) is 1. The number of carbonyl (C=O) groups is 1. The van der Waals surface area contributed by atoms with Gasteiger partial charge in [0.1, 0.15) is 5.56 Å². The van der Waals surface area contributed by atoms with Crippen molar-refractivity contribution in [3.05, 3.63) is 42.2 Å². The number of amides is 1. The molecule has 1 aliphatic rings. The first-order valence-corrected chi connectivity index (χ1v) is 7.61. The molecule has 7 heteroatoms. The van der Waals surface area contributed by atoms with Gasteiger partial charge < -0.3 is 15.0 Å². The van der Waals surface area contributed by atoms with Gasteiger partial charge in [0.15, 0.2) is 5.82 Å². The zero-order valence-electron chi connectivity index (χ0n) is 13.0. The number of hydrogen-bond donors (Lipinski definition) is 1. The number of ether oxygens (including phenoxy) is 1.